The number of benzene rings is 2. The Labute approximate surface area is 176 Å². The van der Waals surface area contributed by atoms with Crippen LogP contribution in [-0.4, -0.2) is 32.1 Å². The molecule has 0 unspecified atom stereocenters. The van der Waals surface area contributed by atoms with Gasteiger partial charge in [-0.3, -0.25) is 14.6 Å². The lowest BCUT2D eigenvalue weighted by Gasteiger charge is -2.27. The van der Waals surface area contributed by atoms with Crippen LogP contribution in [0.15, 0.2) is 30.3 Å². The Morgan fingerprint density at radius 2 is 2.00 bits per heavy atom. The van der Waals surface area contributed by atoms with Gasteiger partial charge in [0.25, 0.3) is 5.91 Å². The molecule has 0 fully saturated rings. The van der Waals surface area contributed by atoms with Crippen LogP contribution in [0.3, 0.4) is 0 Å². The van der Waals surface area contributed by atoms with Gasteiger partial charge in [0.2, 0.25) is 0 Å². The van der Waals surface area contributed by atoms with Crippen LogP contribution in [0, 0.1) is 6.92 Å². The SMILES string of the molecule is Cc1c(Cl)cc(C(=O)N2CCc3c([nH]c4ccc(Cl)cc34)C2)cc1OP(=O)(O)O. The molecule has 2 aromatic carbocycles. The molecule has 3 N–H and O–H groups in total. The van der Waals surface area contributed by atoms with E-state index in [1.165, 1.54) is 12.1 Å². The predicted octanol–water partition coefficient (Wildman–Crippen LogP) is 4.45. The molecule has 0 saturated carbocycles. The van der Waals surface area contributed by atoms with Crippen LogP contribution < -0.4 is 4.52 Å². The number of hydrogen-bond donors (Lipinski definition) is 3. The third-order valence-electron chi connectivity index (χ3n) is 4.99. The van der Waals surface area contributed by atoms with Gasteiger partial charge < -0.3 is 14.4 Å². The van der Waals surface area contributed by atoms with E-state index >= 15 is 0 Å². The number of carbonyl (C=O) groups is 1. The lowest BCUT2D eigenvalue weighted by Crippen LogP contribution is -2.35. The molecule has 10 heteroatoms. The zero-order valence-corrected chi connectivity index (χ0v) is 17.7. The number of nitrogens with zero attached hydrogens (tertiary/aromatic N) is 1. The number of nitrogens with one attached hydrogen (secondary N) is 1. The largest absolute Gasteiger partial charge is 0.524 e. The Hall–Kier alpha value is -2.02. The van der Waals surface area contributed by atoms with E-state index in [0.29, 0.717) is 30.1 Å². The van der Waals surface area contributed by atoms with Crippen LogP contribution in [0.25, 0.3) is 10.9 Å². The standard InChI is InChI=1S/C19H17Cl2N2O5P/c1-10-15(21)6-11(7-18(10)28-29(25,26)27)19(24)23-5-4-13-14-8-12(20)2-3-16(14)22-17(13)9-23/h2-3,6-8,22H,4-5,9H2,1H3,(H2,25,26,27). The molecule has 152 valence electrons. The minimum absolute atomic E-state index is 0.118. The van der Waals surface area contributed by atoms with Gasteiger partial charge in [-0.1, -0.05) is 23.2 Å². The summed E-state index contributed by atoms with van der Waals surface area (Å²) in [6.07, 6.45) is 0.660. The van der Waals surface area contributed by atoms with Crippen molar-refractivity contribution < 1.29 is 23.7 Å². The van der Waals surface area contributed by atoms with Crippen LogP contribution in [0.4, 0.5) is 0 Å². The zero-order valence-electron chi connectivity index (χ0n) is 15.3. The van der Waals surface area contributed by atoms with E-state index in [1.807, 2.05) is 18.2 Å². The zero-order chi connectivity index (χ0) is 20.9. The van der Waals surface area contributed by atoms with Crippen molar-refractivity contribution in [2.75, 3.05) is 6.54 Å². The molecule has 0 saturated heterocycles. The first-order valence-electron chi connectivity index (χ1n) is 8.76. The summed E-state index contributed by atoms with van der Waals surface area (Å²) in [7, 11) is -4.78. The quantitative estimate of drug-likeness (QED) is 0.507. The van der Waals surface area contributed by atoms with Crippen molar-refractivity contribution >= 4 is 47.8 Å². The summed E-state index contributed by atoms with van der Waals surface area (Å²) < 4.78 is 15.9. The van der Waals surface area contributed by atoms with Crippen molar-refractivity contribution in [3.05, 3.63) is 62.8 Å². The van der Waals surface area contributed by atoms with Crippen molar-refractivity contribution in [2.45, 2.75) is 19.9 Å². The summed E-state index contributed by atoms with van der Waals surface area (Å²) in [5, 5.41) is 1.90. The fourth-order valence-corrected chi connectivity index (χ4v) is 4.40. The summed E-state index contributed by atoms with van der Waals surface area (Å²) in [6, 6.07) is 8.42. The average molecular weight is 455 g/mol. The van der Waals surface area contributed by atoms with E-state index in [0.717, 1.165) is 22.2 Å². The lowest BCUT2D eigenvalue weighted by atomic mass is 10.0. The molecule has 29 heavy (non-hydrogen) atoms. The van der Waals surface area contributed by atoms with Crippen molar-refractivity contribution in [3.63, 3.8) is 0 Å². The highest BCUT2D eigenvalue weighted by molar-refractivity contribution is 7.46. The monoisotopic (exact) mass is 454 g/mol. The van der Waals surface area contributed by atoms with E-state index in [4.69, 9.17) is 37.5 Å². The van der Waals surface area contributed by atoms with Gasteiger partial charge in [-0.25, -0.2) is 4.57 Å². The van der Waals surface area contributed by atoms with Crippen LogP contribution in [0.5, 0.6) is 5.75 Å². The second-order valence-electron chi connectivity index (χ2n) is 6.91. The van der Waals surface area contributed by atoms with Crippen molar-refractivity contribution in [2.24, 2.45) is 0 Å². The molecular formula is C19H17Cl2N2O5P. The van der Waals surface area contributed by atoms with E-state index < -0.39 is 7.82 Å². The summed E-state index contributed by atoms with van der Waals surface area (Å²) in [4.78, 5) is 36.2. The van der Waals surface area contributed by atoms with Crippen LogP contribution in [-0.2, 0) is 17.5 Å². The first-order valence-corrected chi connectivity index (χ1v) is 11.0. The minimum atomic E-state index is -4.78. The molecule has 1 aliphatic rings. The van der Waals surface area contributed by atoms with Gasteiger partial charge in [0.1, 0.15) is 5.75 Å². The molecule has 0 bridgehead atoms. The number of amides is 1. The van der Waals surface area contributed by atoms with Gasteiger partial charge >= 0.3 is 7.82 Å². The molecule has 0 spiro atoms. The summed E-state index contributed by atoms with van der Waals surface area (Å²) in [5.41, 5.74) is 3.59. The number of H-pyrrole nitrogens is 1. The first kappa shape index (κ1) is 20.3. The molecular weight excluding hydrogens is 438 g/mol. The fourth-order valence-electron chi connectivity index (χ4n) is 3.57. The normalized spacial score (nSPS) is 14.2. The van der Waals surface area contributed by atoms with Gasteiger partial charge in [0, 0.05) is 44.3 Å². The highest BCUT2D eigenvalue weighted by atomic mass is 35.5. The van der Waals surface area contributed by atoms with Gasteiger partial charge in [-0.05, 0) is 49.2 Å². The number of aromatic amines is 1. The number of phosphoric acid groups is 1. The summed E-state index contributed by atoms with van der Waals surface area (Å²) in [5.74, 6) is -0.420. The smallest absolute Gasteiger partial charge is 0.404 e. The highest BCUT2D eigenvalue weighted by Crippen LogP contribution is 2.41. The van der Waals surface area contributed by atoms with Crippen LogP contribution in [0.1, 0.15) is 27.2 Å². The Morgan fingerprint density at radius 3 is 2.72 bits per heavy atom. The maximum atomic E-state index is 13.0. The number of fused-ring (bicyclic) bond motifs is 3. The number of hydrogen-bond acceptors (Lipinski definition) is 3. The second kappa shape index (κ2) is 7.35. The number of rotatable bonds is 3. The number of halogens is 2. The van der Waals surface area contributed by atoms with Gasteiger partial charge in [0.05, 0.1) is 6.54 Å². The molecule has 2 heterocycles. The third kappa shape index (κ3) is 4.02. The molecule has 4 rings (SSSR count). The second-order valence-corrected chi connectivity index (χ2v) is 8.92. The molecule has 7 nitrogen and oxygen atoms in total. The highest BCUT2D eigenvalue weighted by Gasteiger charge is 2.27. The minimum Gasteiger partial charge on any atom is -0.404 e. The van der Waals surface area contributed by atoms with Crippen molar-refractivity contribution in [3.8, 4) is 5.75 Å². The molecule has 0 radical (unpaired) electrons. The lowest BCUT2D eigenvalue weighted by molar-refractivity contribution is 0.0732. The third-order valence-corrected chi connectivity index (χ3v) is 6.05. The van der Waals surface area contributed by atoms with E-state index in [1.54, 1.807) is 11.8 Å². The first-order chi connectivity index (χ1) is 13.6. The average Bonchev–Trinajstić information content (AvgIpc) is 3.00. The van der Waals surface area contributed by atoms with Gasteiger partial charge in [-0.15, -0.1) is 0 Å². The Balaban J connectivity index is 1.64. The molecule has 0 aliphatic carbocycles. The topological polar surface area (TPSA) is 103 Å². The molecule has 3 aromatic rings. The van der Waals surface area contributed by atoms with E-state index in [-0.39, 0.29) is 22.2 Å². The van der Waals surface area contributed by atoms with Gasteiger partial charge in [-0.2, -0.15) is 0 Å². The number of aromatic nitrogens is 1. The van der Waals surface area contributed by atoms with Crippen molar-refractivity contribution in [1.82, 2.24) is 9.88 Å². The van der Waals surface area contributed by atoms with Gasteiger partial charge in [0.15, 0.2) is 0 Å². The number of phosphoric ester groups is 1. The predicted molar refractivity (Wildman–Crippen MR) is 111 cm³/mol. The summed E-state index contributed by atoms with van der Waals surface area (Å²) in [6.45, 7) is 2.43. The van der Waals surface area contributed by atoms with E-state index in [9.17, 15) is 9.36 Å². The molecule has 1 amide bonds. The van der Waals surface area contributed by atoms with Crippen LogP contribution >= 0.6 is 31.0 Å². The van der Waals surface area contributed by atoms with E-state index in [2.05, 4.69) is 4.98 Å². The Bertz CT molecular complexity index is 1190. The molecule has 1 aliphatic heterocycles. The summed E-state index contributed by atoms with van der Waals surface area (Å²) >= 11 is 12.3. The number of carbonyl (C=O) groups excluding carboxylic acids is 1. The molecule has 1 aromatic heterocycles. The fraction of sp³-hybridized carbons (Fsp3) is 0.211. The maximum absolute atomic E-state index is 13.0. The molecule has 0 atom stereocenters. The Kier molecular flexibility index (Phi) is 5.13. The Morgan fingerprint density at radius 1 is 1.24 bits per heavy atom. The van der Waals surface area contributed by atoms with Crippen molar-refractivity contribution in [1.29, 1.82) is 0 Å². The maximum Gasteiger partial charge on any atom is 0.524 e. The van der Waals surface area contributed by atoms with Crippen LogP contribution in [0.2, 0.25) is 10.0 Å².